The maximum absolute atomic E-state index is 6.68. The fourth-order valence-corrected chi connectivity index (χ4v) is 8.85. The van der Waals surface area contributed by atoms with Gasteiger partial charge in [0.15, 0.2) is 5.82 Å². The first kappa shape index (κ1) is 30.3. The number of thiophene rings is 1. The van der Waals surface area contributed by atoms with Crippen LogP contribution in [0.3, 0.4) is 0 Å². The number of benzene rings is 6. The molecular weight excluding hydrogens is 655 g/mol. The molecule has 0 fully saturated rings. The molecule has 52 heavy (non-hydrogen) atoms. The zero-order valence-corrected chi connectivity index (χ0v) is 29.2. The van der Waals surface area contributed by atoms with E-state index in [1.807, 2.05) is 53.8 Å². The summed E-state index contributed by atoms with van der Waals surface area (Å²) in [6.07, 6.45) is 6.28. The van der Waals surface area contributed by atoms with Crippen molar-refractivity contribution in [3.63, 3.8) is 0 Å². The van der Waals surface area contributed by atoms with Gasteiger partial charge in [-0.05, 0) is 49.4 Å². The van der Waals surface area contributed by atoms with Crippen LogP contribution in [-0.2, 0) is 0 Å². The Morgan fingerprint density at radius 2 is 1.33 bits per heavy atom. The summed E-state index contributed by atoms with van der Waals surface area (Å²) >= 11 is 1.84. The van der Waals surface area contributed by atoms with Crippen molar-refractivity contribution < 1.29 is 4.42 Å². The van der Waals surface area contributed by atoms with Crippen LogP contribution in [0.4, 0.5) is 0 Å². The number of hydrogen-bond donors (Lipinski definition) is 0. The van der Waals surface area contributed by atoms with Crippen molar-refractivity contribution in [2.24, 2.45) is 0 Å². The van der Waals surface area contributed by atoms with Gasteiger partial charge in [-0.15, -0.1) is 11.3 Å². The van der Waals surface area contributed by atoms with Gasteiger partial charge in [-0.3, -0.25) is 0 Å². The quantitative estimate of drug-likeness (QED) is 0.175. The predicted octanol–water partition coefficient (Wildman–Crippen LogP) is 13.4. The number of hydrogen-bond acceptors (Lipinski definition) is 4. The van der Waals surface area contributed by atoms with Gasteiger partial charge in [-0.1, -0.05) is 122 Å². The lowest BCUT2D eigenvalue weighted by Crippen LogP contribution is -1.98. The van der Waals surface area contributed by atoms with E-state index in [2.05, 4.69) is 133 Å². The third-order valence-corrected chi connectivity index (χ3v) is 11.1. The van der Waals surface area contributed by atoms with Gasteiger partial charge in [0.2, 0.25) is 0 Å². The van der Waals surface area contributed by atoms with Gasteiger partial charge in [0.25, 0.3) is 0 Å². The van der Waals surface area contributed by atoms with Crippen LogP contribution in [0.2, 0.25) is 0 Å². The van der Waals surface area contributed by atoms with Crippen LogP contribution >= 0.6 is 11.3 Å². The summed E-state index contributed by atoms with van der Waals surface area (Å²) in [6, 6.07) is 48.5. The number of furan rings is 1. The molecule has 0 amide bonds. The summed E-state index contributed by atoms with van der Waals surface area (Å²) in [5, 5.41) is 5.82. The lowest BCUT2D eigenvalue weighted by molar-refractivity contribution is 0.669. The topological polar surface area (TPSA) is 43.9 Å². The molecule has 10 rings (SSSR count). The van der Waals surface area contributed by atoms with E-state index in [-0.39, 0.29) is 0 Å². The molecule has 0 radical (unpaired) electrons. The molecule has 0 aliphatic carbocycles. The molecule has 0 spiro atoms. The Morgan fingerprint density at radius 1 is 0.635 bits per heavy atom. The van der Waals surface area contributed by atoms with Crippen molar-refractivity contribution in [2.75, 3.05) is 0 Å². The summed E-state index contributed by atoms with van der Waals surface area (Å²) in [4.78, 5) is 10.2. The van der Waals surface area contributed by atoms with E-state index < -0.39 is 0 Å². The van der Waals surface area contributed by atoms with E-state index in [0.29, 0.717) is 5.82 Å². The zero-order valence-electron chi connectivity index (χ0n) is 28.4. The molecule has 246 valence electrons. The second-order valence-corrected chi connectivity index (χ2v) is 14.0. The molecule has 4 heterocycles. The summed E-state index contributed by atoms with van der Waals surface area (Å²) in [5.74, 6) is 0.649. The minimum absolute atomic E-state index is 0.649. The summed E-state index contributed by atoms with van der Waals surface area (Å²) < 4.78 is 11.6. The SMILES string of the molecule is C=Cc1c(/C=C\C)c2ccc3c4ccccc4sc3c2n1-c1cccc2oc3cc(-c4nc(-c5ccccc5)cc(-c5ccccc5)n4)ccc3c12. The number of aromatic nitrogens is 3. The Labute approximate surface area is 304 Å². The van der Waals surface area contributed by atoms with E-state index >= 15 is 0 Å². The average Bonchev–Trinajstić information content (AvgIpc) is 3.87. The Morgan fingerprint density at radius 3 is 2.06 bits per heavy atom. The maximum Gasteiger partial charge on any atom is 0.160 e. The van der Waals surface area contributed by atoms with Crippen molar-refractivity contribution in [3.8, 4) is 39.6 Å². The molecule has 0 saturated carbocycles. The normalized spacial score (nSPS) is 11.9. The number of allylic oxidation sites excluding steroid dienone is 1. The van der Waals surface area contributed by atoms with Crippen LogP contribution in [-0.4, -0.2) is 14.5 Å². The van der Waals surface area contributed by atoms with Crippen molar-refractivity contribution in [1.29, 1.82) is 0 Å². The second-order valence-electron chi connectivity index (χ2n) is 12.9. The third kappa shape index (κ3) is 4.67. The lowest BCUT2D eigenvalue weighted by atomic mass is 10.1. The molecule has 0 unspecified atom stereocenters. The van der Waals surface area contributed by atoms with Gasteiger partial charge in [0.05, 0.1) is 38.4 Å². The molecule has 10 aromatic rings. The summed E-state index contributed by atoms with van der Waals surface area (Å²) in [6.45, 7) is 6.39. The monoisotopic (exact) mass is 685 g/mol. The van der Waals surface area contributed by atoms with Gasteiger partial charge >= 0.3 is 0 Å². The highest BCUT2D eigenvalue weighted by Gasteiger charge is 2.23. The van der Waals surface area contributed by atoms with Gasteiger partial charge in [-0.2, -0.15) is 0 Å². The summed E-state index contributed by atoms with van der Waals surface area (Å²) in [7, 11) is 0. The number of fused-ring (bicyclic) bond motifs is 8. The second kappa shape index (κ2) is 12.0. The van der Waals surface area contributed by atoms with Crippen molar-refractivity contribution in [1.82, 2.24) is 14.5 Å². The third-order valence-electron chi connectivity index (χ3n) is 9.92. The fourth-order valence-electron chi connectivity index (χ4n) is 7.61. The standard InChI is InChI=1S/C47H31N3OS/c1-3-14-32-34-25-26-35-33-19-11-12-22-43(33)52-46(35)45(34)50(39(32)4-2)40-20-13-21-41-44(40)36-24-23-31(27-42(36)51-41)47-48-37(29-15-7-5-8-16-29)28-38(49-47)30-17-9-6-10-18-30/h3-28H,2H2,1H3/b14-3-. The van der Waals surface area contributed by atoms with Crippen LogP contribution in [0, 0.1) is 0 Å². The van der Waals surface area contributed by atoms with Crippen molar-refractivity contribution in [2.45, 2.75) is 6.92 Å². The summed E-state index contributed by atoms with van der Waals surface area (Å²) in [5.41, 5.74) is 10.8. The predicted molar refractivity (Wildman–Crippen MR) is 220 cm³/mol. The molecule has 0 saturated heterocycles. The molecule has 6 aromatic carbocycles. The lowest BCUT2D eigenvalue weighted by Gasteiger charge is -2.12. The first-order valence-electron chi connectivity index (χ1n) is 17.4. The van der Waals surface area contributed by atoms with Crippen LogP contribution in [0.15, 0.2) is 157 Å². The molecule has 5 heteroatoms. The molecular formula is C47H31N3OS. The van der Waals surface area contributed by atoms with E-state index in [4.69, 9.17) is 14.4 Å². The van der Waals surface area contributed by atoms with Crippen molar-refractivity contribution >= 4 is 76.5 Å². The average molecular weight is 686 g/mol. The minimum Gasteiger partial charge on any atom is -0.456 e. The van der Waals surface area contributed by atoms with Crippen LogP contribution in [0.1, 0.15) is 18.2 Å². The first-order chi connectivity index (χ1) is 25.7. The minimum atomic E-state index is 0.649. The number of nitrogens with zero attached hydrogens (tertiary/aromatic N) is 3. The molecule has 0 atom stereocenters. The van der Waals surface area contributed by atoms with Crippen LogP contribution in [0.25, 0.3) is 105 Å². The van der Waals surface area contributed by atoms with E-state index in [1.54, 1.807) is 0 Å². The Kier molecular flexibility index (Phi) is 7.01. The van der Waals surface area contributed by atoms with Crippen LogP contribution < -0.4 is 0 Å². The molecule has 0 aliphatic rings. The molecule has 0 N–H and O–H groups in total. The van der Waals surface area contributed by atoms with Crippen molar-refractivity contribution in [3.05, 3.63) is 163 Å². The van der Waals surface area contributed by atoms with Gasteiger partial charge < -0.3 is 8.98 Å². The van der Waals surface area contributed by atoms with Gasteiger partial charge in [0.1, 0.15) is 11.2 Å². The zero-order chi connectivity index (χ0) is 34.8. The van der Waals surface area contributed by atoms with E-state index in [1.165, 1.54) is 31.1 Å². The smallest absolute Gasteiger partial charge is 0.160 e. The molecule has 4 nitrogen and oxygen atoms in total. The van der Waals surface area contributed by atoms with E-state index in [0.717, 1.165) is 67.0 Å². The Balaban J connectivity index is 1.21. The first-order valence-corrected chi connectivity index (χ1v) is 18.2. The Hall–Kier alpha value is -6.56. The van der Waals surface area contributed by atoms with Gasteiger partial charge in [0, 0.05) is 48.5 Å². The van der Waals surface area contributed by atoms with Crippen LogP contribution in [0.5, 0.6) is 0 Å². The maximum atomic E-state index is 6.68. The largest absolute Gasteiger partial charge is 0.456 e. The molecule has 4 aromatic heterocycles. The Bertz CT molecular complexity index is 2980. The highest BCUT2D eigenvalue weighted by atomic mass is 32.1. The molecule has 0 aliphatic heterocycles. The van der Waals surface area contributed by atoms with Gasteiger partial charge in [-0.25, -0.2) is 9.97 Å². The highest BCUT2D eigenvalue weighted by Crippen LogP contribution is 2.45. The fraction of sp³-hybridized carbons (Fsp3) is 0.0213. The number of rotatable bonds is 6. The van der Waals surface area contributed by atoms with E-state index in [9.17, 15) is 0 Å². The highest BCUT2D eigenvalue weighted by molar-refractivity contribution is 7.26. The molecule has 0 bridgehead atoms.